The lowest BCUT2D eigenvalue weighted by Crippen LogP contribution is -2.18. The van der Waals surface area contributed by atoms with Crippen molar-refractivity contribution in [2.75, 3.05) is 7.11 Å². The molecule has 0 unspecified atom stereocenters. The number of ether oxygens (including phenoxy) is 1. The van der Waals surface area contributed by atoms with Gasteiger partial charge >= 0.3 is 0 Å². The van der Waals surface area contributed by atoms with Gasteiger partial charge < -0.3 is 4.74 Å². The van der Waals surface area contributed by atoms with Gasteiger partial charge in [-0.1, -0.05) is 45.8 Å². The Labute approximate surface area is 132 Å². The van der Waals surface area contributed by atoms with Crippen molar-refractivity contribution in [3.8, 4) is 5.75 Å². The second kappa shape index (κ2) is 7.04. The van der Waals surface area contributed by atoms with Crippen LogP contribution in [0.15, 0.2) is 52.0 Å². The summed E-state index contributed by atoms with van der Waals surface area (Å²) in [5, 5.41) is 3.96. The Morgan fingerprint density at radius 3 is 2.62 bits per heavy atom. The molecule has 0 saturated heterocycles. The number of methoxy groups -OCH3 is 1. The minimum absolute atomic E-state index is 0.323. The monoisotopic (exact) mass is 346 g/mol. The first-order chi connectivity index (χ1) is 10.1. The molecule has 2 aromatic carbocycles. The standard InChI is InChI=1S/C16H15BrN2O2/c1-11-3-5-12(6-4-11)10-18-19-16(20)14-9-13(17)7-8-15(14)21-2/h3-10H,1-2H3,(H,19,20). The first-order valence-electron chi connectivity index (χ1n) is 6.34. The van der Waals surface area contributed by atoms with E-state index in [2.05, 4.69) is 26.5 Å². The minimum Gasteiger partial charge on any atom is -0.496 e. The Bertz CT molecular complexity index is 666. The maximum absolute atomic E-state index is 12.1. The predicted molar refractivity (Wildman–Crippen MR) is 86.9 cm³/mol. The summed E-state index contributed by atoms with van der Waals surface area (Å²) in [5.74, 6) is 0.178. The van der Waals surface area contributed by atoms with E-state index in [0.717, 1.165) is 10.0 Å². The number of aryl methyl sites for hydroxylation is 1. The highest BCUT2D eigenvalue weighted by atomic mass is 79.9. The molecule has 21 heavy (non-hydrogen) atoms. The average molecular weight is 347 g/mol. The van der Waals surface area contributed by atoms with Crippen molar-refractivity contribution in [2.45, 2.75) is 6.92 Å². The van der Waals surface area contributed by atoms with Gasteiger partial charge in [0.25, 0.3) is 5.91 Å². The second-order valence-electron chi connectivity index (χ2n) is 4.45. The number of hydrogen-bond acceptors (Lipinski definition) is 3. The topological polar surface area (TPSA) is 50.7 Å². The van der Waals surface area contributed by atoms with Gasteiger partial charge in [-0.2, -0.15) is 5.10 Å². The molecule has 0 aliphatic carbocycles. The van der Waals surface area contributed by atoms with Crippen LogP contribution in [0.2, 0.25) is 0 Å². The maximum Gasteiger partial charge on any atom is 0.275 e. The predicted octanol–water partition coefficient (Wildman–Crippen LogP) is 3.53. The maximum atomic E-state index is 12.1. The van der Waals surface area contributed by atoms with Crippen molar-refractivity contribution in [2.24, 2.45) is 5.10 Å². The van der Waals surface area contributed by atoms with E-state index in [1.807, 2.05) is 37.3 Å². The summed E-state index contributed by atoms with van der Waals surface area (Å²) in [5.41, 5.74) is 5.01. The average Bonchev–Trinajstić information content (AvgIpc) is 2.49. The summed E-state index contributed by atoms with van der Waals surface area (Å²) < 4.78 is 5.97. The number of halogens is 1. The number of rotatable bonds is 4. The van der Waals surface area contributed by atoms with E-state index in [4.69, 9.17) is 4.74 Å². The molecule has 0 aliphatic heterocycles. The van der Waals surface area contributed by atoms with Crippen molar-refractivity contribution in [1.29, 1.82) is 0 Å². The second-order valence-corrected chi connectivity index (χ2v) is 5.37. The number of amides is 1. The summed E-state index contributed by atoms with van der Waals surface area (Å²) in [4.78, 5) is 12.1. The van der Waals surface area contributed by atoms with E-state index in [1.54, 1.807) is 18.3 Å². The first kappa shape index (κ1) is 15.3. The molecule has 0 heterocycles. The fourth-order valence-electron chi connectivity index (χ4n) is 1.74. The van der Waals surface area contributed by atoms with Crippen LogP contribution in [0.5, 0.6) is 5.75 Å². The number of hydrogen-bond donors (Lipinski definition) is 1. The third kappa shape index (κ3) is 4.16. The third-order valence-corrected chi connectivity index (χ3v) is 3.36. The molecule has 5 heteroatoms. The van der Waals surface area contributed by atoms with Gasteiger partial charge in [-0.25, -0.2) is 5.43 Å². The number of nitrogens with one attached hydrogen (secondary N) is 1. The lowest BCUT2D eigenvalue weighted by molar-refractivity contribution is 0.0952. The fourth-order valence-corrected chi connectivity index (χ4v) is 2.10. The molecule has 2 rings (SSSR count). The van der Waals surface area contributed by atoms with Gasteiger partial charge in [0.2, 0.25) is 0 Å². The van der Waals surface area contributed by atoms with Gasteiger partial charge in [0.05, 0.1) is 18.9 Å². The zero-order valence-corrected chi connectivity index (χ0v) is 13.3. The van der Waals surface area contributed by atoms with Crippen LogP contribution in [0.25, 0.3) is 0 Å². The largest absolute Gasteiger partial charge is 0.496 e. The van der Waals surface area contributed by atoms with Crippen molar-refractivity contribution in [3.63, 3.8) is 0 Å². The highest BCUT2D eigenvalue weighted by Crippen LogP contribution is 2.22. The Hall–Kier alpha value is -2.14. The van der Waals surface area contributed by atoms with Gasteiger partial charge in [-0.3, -0.25) is 4.79 Å². The van der Waals surface area contributed by atoms with E-state index < -0.39 is 0 Å². The van der Waals surface area contributed by atoms with E-state index in [1.165, 1.54) is 12.7 Å². The zero-order chi connectivity index (χ0) is 15.2. The van der Waals surface area contributed by atoms with Gasteiger partial charge in [-0.05, 0) is 30.7 Å². The number of nitrogens with zero attached hydrogens (tertiary/aromatic N) is 1. The van der Waals surface area contributed by atoms with Crippen LogP contribution in [-0.4, -0.2) is 19.2 Å². The summed E-state index contributed by atoms with van der Waals surface area (Å²) in [7, 11) is 1.52. The van der Waals surface area contributed by atoms with Gasteiger partial charge in [0.1, 0.15) is 5.75 Å². The number of carbonyl (C=O) groups excluding carboxylic acids is 1. The molecule has 1 N–H and O–H groups in total. The molecule has 0 aromatic heterocycles. The van der Waals surface area contributed by atoms with Crippen LogP contribution in [-0.2, 0) is 0 Å². The summed E-state index contributed by atoms with van der Waals surface area (Å²) in [6.07, 6.45) is 1.60. The van der Waals surface area contributed by atoms with Crippen LogP contribution >= 0.6 is 15.9 Å². The van der Waals surface area contributed by atoms with Crippen LogP contribution in [0.1, 0.15) is 21.5 Å². The first-order valence-corrected chi connectivity index (χ1v) is 7.13. The Balaban J connectivity index is 2.08. The molecule has 1 amide bonds. The van der Waals surface area contributed by atoms with Crippen LogP contribution in [0, 0.1) is 6.92 Å². The molecular formula is C16H15BrN2O2. The minimum atomic E-state index is -0.323. The summed E-state index contributed by atoms with van der Waals surface area (Å²) in [6.45, 7) is 2.02. The van der Waals surface area contributed by atoms with E-state index in [9.17, 15) is 4.79 Å². The van der Waals surface area contributed by atoms with Gasteiger partial charge in [0, 0.05) is 4.47 Å². The van der Waals surface area contributed by atoms with Crippen molar-refractivity contribution in [3.05, 3.63) is 63.6 Å². The van der Waals surface area contributed by atoms with Gasteiger partial charge in [0.15, 0.2) is 0 Å². The quantitative estimate of drug-likeness (QED) is 0.680. The number of carbonyl (C=O) groups is 1. The molecule has 0 aliphatic rings. The summed E-state index contributed by atoms with van der Waals surface area (Å²) >= 11 is 3.33. The molecule has 0 atom stereocenters. The molecule has 0 saturated carbocycles. The number of hydrazone groups is 1. The summed E-state index contributed by atoms with van der Waals surface area (Å²) in [6, 6.07) is 13.1. The normalized spacial score (nSPS) is 10.6. The van der Waals surface area contributed by atoms with Crippen molar-refractivity contribution in [1.82, 2.24) is 5.43 Å². The molecule has 108 valence electrons. The van der Waals surface area contributed by atoms with Crippen LogP contribution < -0.4 is 10.2 Å². The molecule has 4 nitrogen and oxygen atoms in total. The Kier molecular flexibility index (Phi) is 5.11. The van der Waals surface area contributed by atoms with E-state index >= 15 is 0 Å². The Morgan fingerprint density at radius 1 is 1.24 bits per heavy atom. The Morgan fingerprint density at radius 2 is 1.95 bits per heavy atom. The molecule has 0 fully saturated rings. The highest BCUT2D eigenvalue weighted by Gasteiger charge is 2.11. The molecule has 2 aromatic rings. The molecular weight excluding hydrogens is 332 g/mol. The number of benzene rings is 2. The lowest BCUT2D eigenvalue weighted by atomic mass is 10.2. The van der Waals surface area contributed by atoms with Crippen molar-refractivity contribution >= 4 is 28.1 Å². The lowest BCUT2D eigenvalue weighted by Gasteiger charge is -2.07. The molecule has 0 spiro atoms. The van der Waals surface area contributed by atoms with E-state index in [-0.39, 0.29) is 5.91 Å². The molecule has 0 radical (unpaired) electrons. The highest BCUT2D eigenvalue weighted by molar-refractivity contribution is 9.10. The smallest absolute Gasteiger partial charge is 0.275 e. The third-order valence-electron chi connectivity index (χ3n) is 2.86. The zero-order valence-electron chi connectivity index (χ0n) is 11.8. The van der Waals surface area contributed by atoms with Crippen LogP contribution in [0.4, 0.5) is 0 Å². The fraction of sp³-hybridized carbons (Fsp3) is 0.125. The van der Waals surface area contributed by atoms with E-state index in [0.29, 0.717) is 11.3 Å². The van der Waals surface area contributed by atoms with Gasteiger partial charge in [-0.15, -0.1) is 0 Å². The molecule has 0 bridgehead atoms. The SMILES string of the molecule is COc1ccc(Br)cc1C(=O)NN=Cc1ccc(C)cc1. The van der Waals surface area contributed by atoms with Crippen LogP contribution in [0.3, 0.4) is 0 Å². The van der Waals surface area contributed by atoms with Crippen molar-refractivity contribution < 1.29 is 9.53 Å².